The van der Waals surface area contributed by atoms with Crippen LogP contribution in [0.5, 0.6) is 0 Å². The minimum atomic E-state index is -0.475. The molecule has 1 rings (SSSR count). The number of aromatic amines is 1. The SMILES string of the molecule is CC(N)C(N=[N+]=[N-])c1ncn[nH]1. The highest BCUT2D eigenvalue weighted by Crippen LogP contribution is 2.14. The Morgan fingerprint density at radius 2 is 2.58 bits per heavy atom. The van der Waals surface area contributed by atoms with E-state index in [0.717, 1.165) is 0 Å². The first-order valence-corrected chi connectivity index (χ1v) is 3.40. The van der Waals surface area contributed by atoms with E-state index in [1.807, 2.05) is 0 Å². The van der Waals surface area contributed by atoms with Gasteiger partial charge in [0, 0.05) is 11.0 Å². The Morgan fingerprint density at radius 3 is 3.00 bits per heavy atom. The fourth-order valence-corrected chi connectivity index (χ4v) is 0.822. The standard InChI is InChI=1S/C5H9N7/c1-3(6)4(10-12-7)5-8-2-9-11-5/h2-4H,6H2,1H3,(H,8,9,11). The number of nitrogens with two attached hydrogens (primary N) is 1. The van der Waals surface area contributed by atoms with Gasteiger partial charge in [0.15, 0.2) is 0 Å². The predicted octanol–water partition coefficient (Wildman–Crippen LogP) is 0.503. The maximum Gasteiger partial charge on any atom is 0.137 e. The number of nitrogens with one attached hydrogen (secondary N) is 1. The molecule has 0 bridgehead atoms. The molecule has 0 radical (unpaired) electrons. The smallest absolute Gasteiger partial charge is 0.137 e. The lowest BCUT2D eigenvalue weighted by atomic mass is 10.1. The van der Waals surface area contributed by atoms with Crippen molar-refractivity contribution < 1.29 is 0 Å². The van der Waals surface area contributed by atoms with Gasteiger partial charge in [-0.2, -0.15) is 5.10 Å². The van der Waals surface area contributed by atoms with Crippen molar-refractivity contribution in [3.8, 4) is 0 Å². The van der Waals surface area contributed by atoms with Crippen molar-refractivity contribution in [2.45, 2.75) is 19.0 Å². The lowest BCUT2D eigenvalue weighted by molar-refractivity contribution is 0.558. The summed E-state index contributed by atoms with van der Waals surface area (Å²) in [6.07, 6.45) is 1.34. The van der Waals surface area contributed by atoms with Crippen LogP contribution in [-0.2, 0) is 0 Å². The van der Waals surface area contributed by atoms with Crippen molar-refractivity contribution in [3.05, 3.63) is 22.6 Å². The second-order valence-electron chi connectivity index (χ2n) is 2.38. The Morgan fingerprint density at radius 1 is 1.83 bits per heavy atom. The topological polar surface area (TPSA) is 116 Å². The fourth-order valence-electron chi connectivity index (χ4n) is 0.822. The minimum Gasteiger partial charge on any atom is -0.327 e. The average Bonchev–Trinajstić information content (AvgIpc) is 2.51. The number of nitrogens with zero attached hydrogens (tertiary/aromatic N) is 5. The van der Waals surface area contributed by atoms with Crippen molar-refractivity contribution in [2.24, 2.45) is 10.8 Å². The first kappa shape index (κ1) is 8.51. The van der Waals surface area contributed by atoms with E-state index in [1.165, 1.54) is 6.33 Å². The highest BCUT2D eigenvalue weighted by Gasteiger charge is 2.16. The van der Waals surface area contributed by atoms with Gasteiger partial charge in [0.2, 0.25) is 0 Å². The Balaban J connectivity index is 2.87. The van der Waals surface area contributed by atoms with Gasteiger partial charge in [0.25, 0.3) is 0 Å². The molecule has 2 unspecified atom stereocenters. The maximum absolute atomic E-state index is 8.23. The first-order chi connectivity index (χ1) is 5.75. The molecule has 1 aromatic rings. The highest BCUT2D eigenvalue weighted by molar-refractivity contribution is 4.95. The molecule has 7 nitrogen and oxygen atoms in total. The lowest BCUT2D eigenvalue weighted by Gasteiger charge is -2.10. The van der Waals surface area contributed by atoms with Gasteiger partial charge in [0.05, 0.1) is 0 Å². The van der Waals surface area contributed by atoms with Crippen LogP contribution < -0.4 is 5.73 Å². The molecule has 0 amide bonds. The number of rotatable bonds is 3. The van der Waals surface area contributed by atoms with Crippen LogP contribution in [0, 0.1) is 0 Å². The Labute approximate surface area is 68.6 Å². The van der Waals surface area contributed by atoms with E-state index in [1.54, 1.807) is 6.92 Å². The van der Waals surface area contributed by atoms with E-state index in [2.05, 4.69) is 25.2 Å². The van der Waals surface area contributed by atoms with Gasteiger partial charge in [-0.25, -0.2) is 4.98 Å². The fraction of sp³-hybridized carbons (Fsp3) is 0.600. The molecule has 3 N–H and O–H groups in total. The third-order valence-electron chi connectivity index (χ3n) is 1.39. The molecule has 0 saturated heterocycles. The molecular formula is C5H9N7. The van der Waals surface area contributed by atoms with Gasteiger partial charge in [-0.3, -0.25) is 5.10 Å². The molecule has 0 aromatic carbocycles. The van der Waals surface area contributed by atoms with Crippen LogP contribution in [0.25, 0.3) is 10.4 Å². The Hall–Kier alpha value is -1.59. The molecule has 1 heterocycles. The Bertz CT molecular complexity index is 270. The number of H-pyrrole nitrogens is 1. The van der Waals surface area contributed by atoms with Gasteiger partial charge >= 0.3 is 0 Å². The van der Waals surface area contributed by atoms with Crippen LogP contribution in [0.1, 0.15) is 18.8 Å². The minimum absolute atomic E-state index is 0.283. The predicted molar refractivity (Wildman–Crippen MR) is 41.9 cm³/mol. The van der Waals surface area contributed by atoms with Crippen LogP contribution in [0.15, 0.2) is 11.4 Å². The maximum atomic E-state index is 8.23. The zero-order valence-corrected chi connectivity index (χ0v) is 6.55. The van der Waals surface area contributed by atoms with Crippen molar-refractivity contribution in [2.75, 3.05) is 0 Å². The summed E-state index contributed by atoms with van der Waals surface area (Å²) < 4.78 is 0. The number of hydrogen-bond donors (Lipinski definition) is 2. The van der Waals surface area contributed by atoms with Gasteiger partial charge in [-0.15, -0.1) is 0 Å². The van der Waals surface area contributed by atoms with Crippen LogP contribution in [0.3, 0.4) is 0 Å². The largest absolute Gasteiger partial charge is 0.327 e. The first-order valence-electron chi connectivity index (χ1n) is 3.40. The lowest BCUT2D eigenvalue weighted by Crippen LogP contribution is -2.23. The molecular weight excluding hydrogens is 158 g/mol. The third kappa shape index (κ3) is 1.71. The van der Waals surface area contributed by atoms with E-state index in [4.69, 9.17) is 11.3 Å². The third-order valence-corrected chi connectivity index (χ3v) is 1.39. The molecule has 0 spiro atoms. The van der Waals surface area contributed by atoms with Gasteiger partial charge in [0.1, 0.15) is 18.2 Å². The van der Waals surface area contributed by atoms with Gasteiger partial charge in [-0.05, 0) is 12.5 Å². The van der Waals surface area contributed by atoms with Gasteiger partial charge in [-0.1, -0.05) is 5.11 Å². The summed E-state index contributed by atoms with van der Waals surface area (Å²) in [7, 11) is 0. The monoisotopic (exact) mass is 167 g/mol. The van der Waals surface area contributed by atoms with Crippen molar-refractivity contribution >= 4 is 0 Å². The summed E-state index contributed by atoms with van der Waals surface area (Å²) in [5.41, 5.74) is 13.8. The summed E-state index contributed by atoms with van der Waals surface area (Å²) in [5.74, 6) is 0.489. The molecule has 12 heavy (non-hydrogen) atoms. The van der Waals surface area contributed by atoms with E-state index in [-0.39, 0.29) is 6.04 Å². The molecule has 0 aliphatic heterocycles. The molecule has 0 aliphatic rings. The number of aromatic nitrogens is 3. The van der Waals surface area contributed by atoms with Crippen LogP contribution in [0.4, 0.5) is 0 Å². The van der Waals surface area contributed by atoms with E-state index in [9.17, 15) is 0 Å². The summed E-state index contributed by atoms with van der Waals surface area (Å²) in [6, 6.07) is -0.758. The average molecular weight is 167 g/mol. The Kier molecular flexibility index (Phi) is 2.62. The van der Waals surface area contributed by atoms with E-state index in [0.29, 0.717) is 5.82 Å². The summed E-state index contributed by atoms with van der Waals surface area (Å²) >= 11 is 0. The zero-order chi connectivity index (χ0) is 8.97. The number of azide groups is 1. The molecule has 0 aliphatic carbocycles. The quantitative estimate of drug-likeness (QED) is 0.387. The van der Waals surface area contributed by atoms with Crippen LogP contribution in [-0.4, -0.2) is 21.2 Å². The van der Waals surface area contributed by atoms with Crippen LogP contribution in [0.2, 0.25) is 0 Å². The molecule has 1 aromatic heterocycles. The second-order valence-corrected chi connectivity index (χ2v) is 2.38. The molecule has 0 saturated carbocycles. The number of hydrogen-bond acceptors (Lipinski definition) is 4. The summed E-state index contributed by atoms with van der Waals surface area (Å²) in [4.78, 5) is 6.52. The molecule has 0 fully saturated rings. The molecule has 2 atom stereocenters. The van der Waals surface area contributed by atoms with E-state index < -0.39 is 6.04 Å². The molecule has 7 heteroatoms. The summed E-state index contributed by atoms with van der Waals surface area (Å²) in [5, 5.41) is 9.72. The second kappa shape index (κ2) is 3.70. The zero-order valence-electron chi connectivity index (χ0n) is 6.55. The van der Waals surface area contributed by atoms with Crippen molar-refractivity contribution in [1.82, 2.24) is 15.2 Å². The van der Waals surface area contributed by atoms with Crippen LogP contribution >= 0.6 is 0 Å². The normalized spacial score (nSPS) is 14.8. The van der Waals surface area contributed by atoms with E-state index >= 15 is 0 Å². The highest BCUT2D eigenvalue weighted by atomic mass is 15.2. The molecule has 64 valence electrons. The van der Waals surface area contributed by atoms with Crippen molar-refractivity contribution in [1.29, 1.82) is 0 Å². The van der Waals surface area contributed by atoms with Gasteiger partial charge < -0.3 is 5.73 Å². The van der Waals surface area contributed by atoms with Crippen molar-refractivity contribution in [3.63, 3.8) is 0 Å². The summed E-state index contributed by atoms with van der Waals surface area (Å²) in [6.45, 7) is 1.74.